The molecule has 0 fully saturated rings. The highest BCUT2D eigenvalue weighted by molar-refractivity contribution is 6.29. The number of pyridine rings is 1. The number of nitrogen functional groups attached to an aromatic ring is 1. The van der Waals surface area contributed by atoms with Crippen LogP contribution < -0.4 is 5.73 Å². The average Bonchev–Trinajstić information content (AvgIpc) is 2.39. The summed E-state index contributed by atoms with van der Waals surface area (Å²) in [6, 6.07) is 11.1. The molecule has 3 aromatic rings. The third-order valence-corrected chi connectivity index (χ3v) is 2.84. The molecule has 0 atom stereocenters. The number of halogens is 1. The molecule has 2 N–H and O–H groups in total. The summed E-state index contributed by atoms with van der Waals surface area (Å²) < 4.78 is 0. The summed E-state index contributed by atoms with van der Waals surface area (Å²) >= 11 is 5.75. The molecule has 0 bridgehead atoms. The molecule has 3 rings (SSSR count). The van der Waals surface area contributed by atoms with E-state index >= 15 is 0 Å². The van der Waals surface area contributed by atoms with Crippen LogP contribution >= 0.6 is 11.6 Å². The lowest BCUT2D eigenvalue weighted by molar-refractivity contribution is 1.21. The Bertz CT molecular complexity index is 710. The molecule has 0 unspecified atom stereocenters. The minimum Gasteiger partial charge on any atom is -0.383 e. The predicted molar refractivity (Wildman–Crippen MR) is 72.2 cm³/mol. The van der Waals surface area contributed by atoms with Gasteiger partial charge in [0.2, 0.25) is 0 Å². The molecule has 0 amide bonds. The molecule has 2 aromatic heterocycles. The van der Waals surface area contributed by atoms with Crippen LogP contribution in [0.25, 0.3) is 22.3 Å². The van der Waals surface area contributed by atoms with Gasteiger partial charge in [-0.2, -0.15) is 0 Å². The molecule has 0 aliphatic heterocycles. The summed E-state index contributed by atoms with van der Waals surface area (Å²) in [7, 11) is 0. The van der Waals surface area contributed by atoms with E-state index in [-0.39, 0.29) is 0 Å². The van der Waals surface area contributed by atoms with Gasteiger partial charge in [-0.3, -0.25) is 0 Å². The van der Waals surface area contributed by atoms with Crippen molar-refractivity contribution in [1.82, 2.24) is 15.0 Å². The number of nitrogens with two attached hydrogens (primary N) is 1. The molecule has 1 aromatic carbocycles. The van der Waals surface area contributed by atoms with Crippen LogP contribution in [0.1, 0.15) is 0 Å². The minimum absolute atomic E-state index is 0.438. The first kappa shape index (κ1) is 10.9. The number of aromatic nitrogens is 3. The van der Waals surface area contributed by atoms with Crippen molar-refractivity contribution < 1.29 is 0 Å². The number of rotatable bonds is 1. The van der Waals surface area contributed by atoms with Gasteiger partial charge in [-0.25, -0.2) is 15.0 Å². The molecule has 0 radical (unpaired) electrons. The summed E-state index contributed by atoms with van der Waals surface area (Å²) in [4.78, 5) is 12.8. The van der Waals surface area contributed by atoms with Crippen LogP contribution in [-0.2, 0) is 0 Å². The zero-order chi connectivity index (χ0) is 12.5. The number of fused-ring (bicyclic) bond motifs is 1. The van der Waals surface area contributed by atoms with Crippen molar-refractivity contribution in [2.75, 3.05) is 5.73 Å². The van der Waals surface area contributed by atoms with Crippen molar-refractivity contribution in [3.05, 3.63) is 47.7 Å². The van der Waals surface area contributed by atoms with Crippen LogP contribution in [0.15, 0.2) is 42.6 Å². The number of anilines is 1. The number of nitrogens with zero attached hydrogens (tertiary/aromatic N) is 3. The summed E-state index contributed by atoms with van der Waals surface area (Å²) in [5, 5.41) is 1.29. The monoisotopic (exact) mass is 256 g/mol. The molecular formula is C13H9ClN4. The van der Waals surface area contributed by atoms with Crippen molar-refractivity contribution in [2.45, 2.75) is 0 Å². The number of para-hydroxylation sites is 1. The van der Waals surface area contributed by atoms with Crippen LogP contribution in [-0.4, -0.2) is 15.0 Å². The molecule has 18 heavy (non-hydrogen) atoms. The van der Waals surface area contributed by atoms with Gasteiger partial charge in [0.1, 0.15) is 11.0 Å². The van der Waals surface area contributed by atoms with Crippen molar-refractivity contribution in [1.29, 1.82) is 0 Å². The standard InChI is InChI=1S/C13H9ClN4/c14-11-6-5-8(7-16-11)13-17-10-4-2-1-3-9(10)12(15)18-13/h1-7H,(H2,15,17,18). The molecular weight excluding hydrogens is 248 g/mol. The molecule has 0 aliphatic carbocycles. The molecule has 5 heteroatoms. The molecule has 0 saturated carbocycles. The molecule has 0 saturated heterocycles. The Balaban J connectivity index is 2.21. The SMILES string of the molecule is Nc1nc(-c2ccc(Cl)nc2)nc2ccccc12. The van der Waals surface area contributed by atoms with Crippen molar-refractivity contribution in [3.63, 3.8) is 0 Å². The lowest BCUT2D eigenvalue weighted by Crippen LogP contribution is -1.97. The topological polar surface area (TPSA) is 64.7 Å². The van der Waals surface area contributed by atoms with Crippen molar-refractivity contribution in [3.8, 4) is 11.4 Å². The van der Waals surface area contributed by atoms with Gasteiger partial charge in [0.15, 0.2) is 5.82 Å². The number of benzene rings is 1. The van der Waals surface area contributed by atoms with E-state index in [1.807, 2.05) is 30.3 Å². The zero-order valence-electron chi connectivity index (χ0n) is 9.34. The maximum atomic E-state index is 5.93. The molecule has 2 heterocycles. The van der Waals surface area contributed by atoms with E-state index in [2.05, 4.69) is 15.0 Å². The van der Waals surface area contributed by atoms with E-state index in [4.69, 9.17) is 17.3 Å². The maximum Gasteiger partial charge on any atom is 0.163 e. The fourth-order valence-corrected chi connectivity index (χ4v) is 1.85. The average molecular weight is 257 g/mol. The van der Waals surface area contributed by atoms with E-state index in [0.717, 1.165) is 16.5 Å². The first-order chi connectivity index (χ1) is 8.74. The molecule has 88 valence electrons. The number of hydrogen-bond donors (Lipinski definition) is 1. The maximum absolute atomic E-state index is 5.93. The van der Waals surface area contributed by atoms with Crippen LogP contribution in [0.4, 0.5) is 5.82 Å². The van der Waals surface area contributed by atoms with Gasteiger partial charge in [0.25, 0.3) is 0 Å². The van der Waals surface area contributed by atoms with E-state index in [1.54, 1.807) is 12.3 Å². The first-order valence-electron chi connectivity index (χ1n) is 5.38. The normalized spacial score (nSPS) is 10.7. The second-order valence-electron chi connectivity index (χ2n) is 3.82. The molecule has 0 aliphatic rings. The first-order valence-corrected chi connectivity index (χ1v) is 5.76. The largest absolute Gasteiger partial charge is 0.383 e. The Morgan fingerprint density at radius 3 is 2.61 bits per heavy atom. The van der Waals surface area contributed by atoms with Crippen LogP contribution in [0.5, 0.6) is 0 Å². The highest BCUT2D eigenvalue weighted by Crippen LogP contribution is 2.22. The van der Waals surface area contributed by atoms with Gasteiger partial charge in [-0.05, 0) is 24.3 Å². The third-order valence-electron chi connectivity index (χ3n) is 2.62. The van der Waals surface area contributed by atoms with Gasteiger partial charge < -0.3 is 5.73 Å². The van der Waals surface area contributed by atoms with Gasteiger partial charge >= 0.3 is 0 Å². The van der Waals surface area contributed by atoms with E-state index in [0.29, 0.717) is 16.8 Å². The fourth-order valence-electron chi connectivity index (χ4n) is 1.74. The zero-order valence-corrected chi connectivity index (χ0v) is 10.1. The second-order valence-corrected chi connectivity index (χ2v) is 4.21. The molecule has 0 spiro atoms. The summed E-state index contributed by atoms with van der Waals surface area (Å²) in [6.07, 6.45) is 1.63. The quantitative estimate of drug-likeness (QED) is 0.680. The predicted octanol–water partition coefficient (Wildman–Crippen LogP) is 2.93. The van der Waals surface area contributed by atoms with Crippen LogP contribution in [0.2, 0.25) is 5.15 Å². The van der Waals surface area contributed by atoms with E-state index in [1.165, 1.54) is 0 Å². The van der Waals surface area contributed by atoms with Crippen molar-refractivity contribution >= 4 is 28.3 Å². The van der Waals surface area contributed by atoms with Gasteiger partial charge in [-0.15, -0.1) is 0 Å². The lowest BCUT2D eigenvalue weighted by Gasteiger charge is -2.04. The molecule has 4 nitrogen and oxygen atoms in total. The third kappa shape index (κ3) is 1.87. The Labute approximate surface area is 108 Å². The highest BCUT2D eigenvalue weighted by atomic mass is 35.5. The lowest BCUT2D eigenvalue weighted by atomic mass is 10.2. The highest BCUT2D eigenvalue weighted by Gasteiger charge is 2.07. The van der Waals surface area contributed by atoms with E-state index < -0.39 is 0 Å². The summed E-state index contributed by atoms with van der Waals surface area (Å²) in [5.41, 5.74) is 7.53. The Morgan fingerprint density at radius 2 is 1.83 bits per heavy atom. The van der Waals surface area contributed by atoms with E-state index in [9.17, 15) is 0 Å². The Morgan fingerprint density at radius 1 is 1.00 bits per heavy atom. The van der Waals surface area contributed by atoms with Crippen LogP contribution in [0, 0.1) is 0 Å². The minimum atomic E-state index is 0.438. The fraction of sp³-hybridized carbons (Fsp3) is 0. The van der Waals surface area contributed by atoms with Gasteiger partial charge in [0.05, 0.1) is 5.52 Å². The van der Waals surface area contributed by atoms with Gasteiger partial charge in [0, 0.05) is 17.1 Å². The Hall–Kier alpha value is -2.20. The van der Waals surface area contributed by atoms with Crippen molar-refractivity contribution in [2.24, 2.45) is 0 Å². The smallest absolute Gasteiger partial charge is 0.163 e. The number of hydrogen-bond acceptors (Lipinski definition) is 4. The second kappa shape index (κ2) is 4.23. The summed E-state index contributed by atoms with van der Waals surface area (Å²) in [5.74, 6) is 1.01. The van der Waals surface area contributed by atoms with Gasteiger partial charge in [-0.1, -0.05) is 23.7 Å². The Kier molecular flexibility index (Phi) is 2.57. The van der Waals surface area contributed by atoms with Crippen LogP contribution in [0.3, 0.4) is 0 Å². The summed E-state index contributed by atoms with van der Waals surface area (Å²) in [6.45, 7) is 0.